The SMILES string of the molecule is CCC(N)(CC1CCOCC1)c1ccccc1. The zero-order chi connectivity index (χ0) is 12.1. The molecule has 1 saturated heterocycles. The highest BCUT2D eigenvalue weighted by Gasteiger charge is 2.29. The van der Waals surface area contributed by atoms with Crippen molar-refractivity contribution in [2.75, 3.05) is 13.2 Å². The van der Waals surface area contributed by atoms with E-state index in [2.05, 4.69) is 31.2 Å². The quantitative estimate of drug-likeness (QED) is 0.867. The first-order valence-corrected chi connectivity index (χ1v) is 6.67. The molecular weight excluding hydrogens is 210 g/mol. The van der Waals surface area contributed by atoms with Crippen LogP contribution in [0.25, 0.3) is 0 Å². The maximum Gasteiger partial charge on any atom is 0.0468 e. The lowest BCUT2D eigenvalue weighted by molar-refractivity contribution is 0.0554. The smallest absolute Gasteiger partial charge is 0.0468 e. The Hall–Kier alpha value is -0.860. The van der Waals surface area contributed by atoms with Crippen LogP contribution in [0.2, 0.25) is 0 Å². The van der Waals surface area contributed by atoms with Crippen molar-refractivity contribution in [3.8, 4) is 0 Å². The molecule has 0 bridgehead atoms. The third-order valence-corrected chi connectivity index (χ3v) is 3.97. The number of benzene rings is 1. The molecule has 0 amide bonds. The predicted octanol–water partition coefficient (Wildman–Crippen LogP) is 3.07. The number of ether oxygens (including phenoxy) is 1. The summed E-state index contributed by atoms with van der Waals surface area (Å²) < 4.78 is 5.41. The number of hydrogen-bond acceptors (Lipinski definition) is 2. The molecule has 2 N–H and O–H groups in total. The fraction of sp³-hybridized carbons (Fsp3) is 0.600. The van der Waals surface area contributed by atoms with Gasteiger partial charge >= 0.3 is 0 Å². The van der Waals surface area contributed by atoms with Gasteiger partial charge in [0.2, 0.25) is 0 Å². The van der Waals surface area contributed by atoms with Gasteiger partial charge in [-0.05, 0) is 37.2 Å². The van der Waals surface area contributed by atoms with Crippen LogP contribution in [0.15, 0.2) is 30.3 Å². The lowest BCUT2D eigenvalue weighted by Gasteiger charge is -2.34. The van der Waals surface area contributed by atoms with E-state index in [4.69, 9.17) is 10.5 Å². The third kappa shape index (κ3) is 3.08. The van der Waals surface area contributed by atoms with E-state index in [1.165, 1.54) is 5.56 Å². The Bertz CT molecular complexity index is 332. The molecule has 1 heterocycles. The van der Waals surface area contributed by atoms with Gasteiger partial charge in [0.25, 0.3) is 0 Å². The zero-order valence-electron chi connectivity index (χ0n) is 10.7. The Kier molecular flexibility index (Phi) is 4.19. The summed E-state index contributed by atoms with van der Waals surface area (Å²) in [5.41, 5.74) is 7.72. The van der Waals surface area contributed by atoms with Gasteiger partial charge in [-0.1, -0.05) is 37.3 Å². The normalized spacial score (nSPS) is 21.1. The van der Waals surface area contributed by atoms with Crippen molar-refractivity contribution in [3.63, 3.8) is 0 Å². The summed E-state index contributed by atoms with van der Waals surface area (Å²) in [5.74, 6) is 0.717. The third-order valence-electron chi connectivity index (χ3n) is 3.97. The summed E-state index contributed by atoms with van der Waals surface area (Å²) in [7, 11) is 0. The van der Waals surface area contributed by atoms with E-state index in [9.17, 15) is 0 Å². The molecule has 0 saturated carbocycles. The van der Waals surface area contributed by atoms with Crippen LogP contribution in [-0.2, 0) is 10.3 Å². The van der Waals surface area contributed by atoms with Gasteiger partial charge in [0.05, 0.1) is 0 Å². The number of rotatable bonds is 4. The first-order valence-electron chi connectivity index (χ1n) is 6.67. The topological polar surface area (TPSA) is 35.2 Å². The Labute approximate surface area is 104 Å². The molecule has 0 aliphatic carbocycles. The molecule has 2 rings (SSSR count). The van der Waals surface area contributed by atoms with Gasteiger partial charge in [0.15, 0.2) is 0 Å². The Morgan fingerprint density at radius 1 is 1.24 bits per heavy atom. The van der Waals surface area contributed by atoms with Crippen molar-refractivity contribution in [2.24, 2.45) is 11.7 Å². The second-order valence-electron chi connectivity index (χ2n) is 5.14. The standard InChI is InChI=1S/C15H23NO/c1-2-15(16,14-6-4-3-5-7-14)12-13-8-10-17-11-9-13/h3-7,13H,2,8-12,16H2,1H3. The average molecular weight is 233 g/mol. The van der Waals surface area contributed by atoms with Gasteiger partial charge in [-0.15, -0.1) is 0 Å². The fourth-order valence-electron chi connectivity index (χ4n) is 2.70. The second-order valence-corrected chi connectivity index (χ2v) is 5.14. The van der Waals surface area contributed by atoms with Crippen molar-refractivity contribution in [1.82, 2.24) is 0 Å². The van der Waals surface area contributed by atoms with Crippen LogP contribution < -0.4 is 5.73 Å². The lowest BCUT2D eigenvalue weighted by atomic mass is 9.78. The van der Waals surface area contributed by atoms with Gasteiger partial charge in [0.1, 0.15) is 0 Å². The van der Waals surface area contributed by atoms with Crippen LogP contribution >= 0.6 is 0 Å². The van der Waals surface area contributed by atoms with Gasteiger partial charge in [-0.25, -0.2) is 0 Å². The van der Waals surface area contributed by atoms with Crippen LogP contribution in [0.3, 0.4) is 0 Å². The van der Waals surface area contributed by atoms with Crippen LogP contribution in [0, 0.1) is 5.92 Å². The summed E-state index contributed by atoms with van der Waals surface area (Å²) in [5, 5.41) is 0. The van der Waals surface area contributed by atoms with Crippen molar-refractivity contribution >= 4 is 0 Å². The van der Waals surface area contributed by atoms with E-state index in [0.717, 1.165) is 38.9 Å². The predicted molar refractivity (Wildman–Crippen MR) is 70.8 cm³/mol. The van der Waals surface area contributed by atoms with Crippen molar-refractivity contribution in [3.05, 3.63) is 35.9 Å². The molecule has 2 heteroatoms. The van der Waals surface area contributed by atoms with E-state index in [-0.39, 0.29) is 5.54 Å². The minimum absolute atomic E-state index is 0.163. The largest absolute Gasteiger partial charge is 0.381 e. The van der Waals surface area contributed by atoms with E-state index >= 15 is 0 Å². The molecule has 2 nitrogen and oxygen atoms in total. The molecule has 1 aromatic rings. The molecule has 1 aliphatic heterocycles. The van der Waals surface area contributed by atoms with Gasteiger partial charge in [-0.2, -0.15) is 0 Å². The molecule has 94 valence electrons. The minimum atomic E-state index is -0.163. The molecule has 1 unspecified atom stereocenters. The molecule has 1 aromatic carbocycles. The highest BCUT2D eigenvalue weighted by atomic mass is 16.5. The van der Waals surface area contributed by atoms with Crippen molar-refractivity contribution in [1.29, 1.82) is 0 Å². The second kappa shape index (κ2) is 5.65. The van der Waals surface area contributed by atoms with Crippen LogP contribution in [-0.4, -0.2) is 13.2 Å². The van der Waals surface area contributed by atoms with Crippen LogP contribution in [0.4, 0.5) is 0 Å². The minimum Gasteiger partial charge on any atom is -0.381 e. The zero-order valence-corrected chi connectivity index (χ0v) is 10.7. The van der Waals surface area contributed by atoms with Gasteiger partial charge in [-0.3, -0.25) is 0 Å². The molecular formula is C15H23NO. The van der Waals surface area contributed by atoms with E-state index < -0.39 is 0 Å². The van der Waals surface area contributed by atoms with E-state index in [0.29, 0.717) is 5.92 Å². The van der Waals surface area contributed by atoms with Gasteiger partial charge < -0.3 is 10.5 Å². The highest BCUT2D eigenvalue weighted by Crippen LogP contribution is 2.33. The van der Waals surface area contributed by atoms with E-state index in [1.807, 2.05) is 6.07 Å². The molecule has 17 heavy (non-hydrogen) atoms. The molecule has 1 fully saturated rings. The lowest BCUT2D eigenvalue weighted by Crippen LogP contribution is -2.39. The van der Waals surface area contributed by atoms with Crippen molar-refractivity contribution in [2.45, 2.75) is 38.1 Å². The monoisotopic (exact) mass is 233 g/mol. The molecule has 0 spiro atoms. The highest BCUT2D eigenvalue weighted by molar-refractivity contribution is 5.23. The Morgan fingerprint density at radius 2 is 1.88 bits per heavy atom. The molecule has 0 aromatic heterocycles. The van der Waals surface area contributed by atoms with E-state index in [1.54, 1.807) is 0 Å². The number of nitrogens with two attached hydrogens (primary N) is 1. The molecule has 1 atom stereocenters. The first-order chi connectivity index (χ1) is 8.24. The van der Waals surface area contributed by atoms with Gasteiger partial charge in [0, 0.05) is 18.8 Å². The average Bonchev–Trinajstić information content (AvgIpc) is 2.41. The molecule has 0 radical (unpaired) electrons. The Balaban J connectivity index is 2.08. The fourth-order valence-corrected chi connectivity index (χ4v) is 2.70. The first kappa shape index (κ1) is 12.6. The maximum absolute atomic E-state index is 6.61. The summed E-state index contributed by atoms with van der Waals surface area (Å²) >= 11 is 0. The summed E-state index contributed by atoms with van der Waals surface area (Å²) in [4.78, 5) is 0. The summed E-state index contributed by atoms with van der Waals surface area (Å²) in [6, 6.07) is 10.5. The van der Waals surface area contributed by atoms with Crippen molar-refractivity contribution < 1.29 is 4.74 Å². The summed E-state index contributed by atoms with van der Waals surface area (Å²) in [6.07, 6.45) is 4.39. The number of hydrogen-bond donors (Lipinski definition) is 1. The summed E-state index contributed by atoms with van der Waals surface area (Å²) in [6.45, 7) is 3.99. The molecule has 1 aliphatic rings. The Morgan fingerprint density at radius 3 is 2.47 bits per heavy atom. The van der Waals surface area contributed by atoms with Crippen LogP contribution in [0.5, 0.6) is 0 Å². The maximum atomic E-state index is 6.61. The van der Waals surface area contributed by atoms with Crippen LogP contribution in [0.1, 0.15) is 38.2 Å².